The number of aryl methyl sites for hydroxylation is 2. The highest BCUT2D eigenvalue weighted by molar-refractivity contribution is 7.89. The maximum absolute atomic E-state index is 13.1. The Morgan fingerprint density at radius 2 is 1.72 bits per heavy atom. The molecular formula is C28H32N2O5S. The predicted octanol–water partition coefficient (Wildman–Crippen LogP) is 3.86. The van der Waals surface area contributed by atoms with Crippen molar-refractivity contribution in [3.63, 3.8) is 0 Å². The van der Waals surface area contributed by atoms with Crippen molar-refractivity contribution >= 4 is 15.9 Å². The van der Waals surface area contributed by atoms with Crippen molar-refractivity contribution in [3.05, 3.63) is 95.1 Å². The fraction of sp³-hybridized carbons (Fsp3) is 0.321. The van der Waals surface area contributed by atoms with Crippen molar-refractivity contribution < 1.29 is 22.7 Å². The molecule has 7 nitrogen and oxygen atoms in total. The van der Waals surface area contributed by atoms with Gasteiger partial charge in [0.05, 0.1) is 31.3 Å². The first-order valence-electron chi connectivity index (χ1n) is 12.0. The first kappa shape index (κ1) is 25.9. The van der Waals surface area contributed by atoms with Crippen molar-refractivity contribution in [3.8, 4) is 5.75 Å². The molecule has 190 valence electrons. The van der Waals surface area contributed by atoms with Gasteiger partial charge in [0.2, 0.25) is 15.9 Å². The van der Waals surface area contributed by atoms with E-state index in [0.717, 1.165) is 16.7 Å². The van der Waals surface area contributed by atoms with Gasteiger partial charge < -0.3 is 14.8 Å². The molecule has 1 aliphatic rings. The van der Waals surface area contributed by atoms with Gasteiger partial charge >= 0.3 is 0 Å². The van der Waals surface area contributed by atoms with Gasteiger partial charge in [-0.15, -0.1) is 0 Å². The molecule has 4 rings (SSSR count). The Morgan fingerprint density at radius 3 is 2.42 bits per heavy atom. The second-order valence-corrected chi connectivity index (χ2v) is 10.8. The molecule has 3 aromatic carbocycles. The molecule has 0 saturated carbocycles. The molecule has 0 bridgehead atoms. The fourth-order valence-corrected chi connectivity index (χ4v) is 5.84. The van der Waals surface area contributed by atoms with E-state index in [4.69, 9.17) is 9.47 Å². The van der Waals surface area contributed by atoms with Crippen LogP contribution in [0.2, 0.25) is 0 Å². The van der Waals surface area contributed by atoms with Gasteiger partial charge in [-0.3, -0.25) is 4.79 Å². The third-order valence-corrected chi connectivity index (χ3v) is 8.19. The van der Waals surface area contributed by atoms with E-state index in [1.807, 2.05) is 55.5 Å². The summed E-state index contributed by atoms with van der Waals surface area (Å²) in [5.41, 5.74) is 3.79. The molecule has 1 aliphatic heterocycles. The smallest absolute Gasteiger partial charge is 0.243 e. The number of carbonyl (C=O) groups excluding carboxylic acids is 1. The third kappa shape index (κ3) is 6.13. The SMILES string of the molecule is COc1ccc(S(=O)(=O)N2CCOCC2)cc1CCC(=O)N[C@@H](c1ccccc1)c1cccc(C)c1. The van der Waals surface area contributed by atoms with Crippen molar-refractivity contribution in [2.75, 3.05) is 33.4 Å². The molecule has 1 amide bonds. The number of morpholine rings is 1. The average Bonchev–Trinajstić information content (AvgIpc) is 2.91. The molecule has 1 fully saturated rings. The summed E-state index contributed by atoms with van der Waals surface area (Å²) in [6.45, 7) is 3.44. The van der Waals surface area contributed by atoms with Crippen molar-refractivity contribution in [2.45, 2.75) is 30.7 Å². The van der Waals surface area contributed by atoms with Crippen LogP contribution in [0.5, 0.6) is 5.75 Å². The summed E-state index contributed by atoms with van der Waals surface area (Å²) >= 11 is 0. The van der Waals surface area contributed by atoms with Crippen LogP contribution in [-0.4, -0.2) is 52.0 Å². The number of sulfonamides is 1. The normalized spacial score (nSPS) is 15.3. The largest absolute Gasteiger partial charge is 0.496 e. The van der Waals surface area contributed by atoms with E-state index in [0.29, 0.717) is 44.0 Å². The summed E-state index contributed by atoms with van der Waals surface area (Å²) in [4.78, 5) is 13.3. The number of hydrogen-bond acceptors (Lipinski definition) is 5. The summed E-state index contributed by atoms with van der Waals surface area (Å²) in [7, 11) is -2.11. The highest BCUT2D eigenvalue weighted by Crippen LogP contribution is 2.27. The highest BCUT2D eigenvalue weighted by atomic mass is 32.2. The molecule has 0 aliphatic carbocycles. The Morgan fingerprint density at radius 1 is 1.00 bits per heavy atom. The Balaban J connectivity index is 1.51. The zero-order valence-corrected chi connectivity index (χ0v) is 21.5. The van der Waals surface area contributed by atoms with Gasteiger partial charge in [-0.25, -0.2) is 8.42 Å². The van der Waals surface area contributed by atoms with E-state index in [9.17, 15) is 13.2 Å². The van der Waals surface area contributed by atoms with Crippen LogP contribution in [0.25, 0.3) is 0 Å². The van der Waals surface area contributed by atoms with E-state index in [1.54, 1.807) is 18.2 Å². The number of carbonyl (C=O) groups is 1. The van der Waals surface area contributed by atoms with Gasteiger partial charge in [0.25, 0.3) is 0 Å². The number of hydrogen-bond donors (Lipinski definition) is 1. The third-order valence-electron chi connectivity index (χ3n) is 6.29. The van der Waals surface area contributed by atoms with E-state index in [1.165, 1.54) is 11.4 Å². The van der Waals surface area contributed by atoms with Crippen LogP contribution in [0.1, 0.15) is 34.7 Å². The molecule has 1 heterocycles. The first-order chi connectivity index (χ1) is 17.4. The summed E-state index contributed by atoms with van der Waals surface area (Å²) in [5.74, 6) is 0.427. The fourth-order valence-electron chi connectivity index (χ4n) is 4.38. The molecule has 0 aromatic heterocycles. The minimum absolute atomic E-state index is 0.131. The first-order valence-corrected chi connectivity index (χ1v) is 13.5. The second kappa shape index (κ2) is 11.7. The Bertz CT molecular complexity index is 1290. The van der Waals surface area contributed by atoms with Gasteiger partial charge in [0, 0.05) is 19.5 Å². The summed E-state index contributed by atoms with van der Waals surface area (Å²) in [6, 6.07) is 22.5. The Labute approximate surface area is 213 Å². The van der Waals surface area contributed by atoms with E-state index < -0.39 is 10.0 Å². The van der Waals surface area contributed by atoms with Gasteiger partial charge in [-0.2, -0.15) is 4.31 Å². The van der Waals surface area contributed by atoms with Crippen molar-refractivity contribution in [2.24, 2.45) is 0 Å². The Hall–Kier alpha value is -3.20. The van der Waals surface area contributed by atoms with Crippen LogP contribution in [0.15, 0.2) is 77.7 Å². The number of ether oxygens (including phenoxy) is 2. The van der Waals surface area contributed by atoms with Crippen LogP contribution in [0.4, 0.5) is 0 Å². The topological polar surface area (TPSA) is 84.9 Å². The molecular weight excluding hydrogens is 476 g/mol. The lowest BCUT2D eigenvalue weighted by Gasteiger charge is -2.26. The quantitative estimate of drug-likeness (QED) is 0.475. The Kier molecular flexibility index (Phi) is 8.40. The molecule has 1 atom stereocenters. The van der Waals surface area contributed by atoms with Crippen LogP contribution >= 0.6 is 0 Å². The van der Waals surface area contributed by atoms with Crippen LogP contribution in [-0.2, 0) is 26.0 Å². The van der Waals surface area contributed by atoms with Gasteiger partial charge in [0.1, 0.15) is 5.75 Å². The highest BCUT2D eigenvalue weighted by Gasteiger charge is 2.27. The maximum Gasteiger partial charge on any atom is 0.243 e. The number of methoxy groups -OCH3 is 1. The van der Waals surface area contributed by atoms with Gasteiger partial charge in [-0.05, 0) is 48.2 Å². The number of nitrogens with one attached hydrogen (secondary N) is 1. The lowest BCUT2D eigenvalue weighted by Crippen LogP contribution is -2.40. The van der Waals surface area contributed by atoms with Crippen molar-refractivity contribution in [1.82, 2.24) is 9.62 Å². The predicted molar refractivity (Wildman–Crippen MR) is 138 cm³/mol. The number of amides is 1. The monoisotopic (exact) mass is 508 g/mol. The van der Waals surface area contributed by atoms with E-state index >= 15 is 0 Å². The van der Waals surface area contributed by atoms with E-state index in [-0.39, 0.29) is 23.3 Å². The average molecular weight is 509 g/mol. The van der Waals surface area contributed by atoms with Crippen LogP contribution < -0.4 is 10.1 Å². The molecule has 0 radical (unpaired) electrons. The number of rotatable bonds is 9. The zero-order chi connectivity index (χ0) is 25.5. The van der Waals surface area contributed by atoms with E-state index in [2.05, 4.69) is 11.4 Å². The molecule has 3 aromatic rings. The molecule has 0 unspecified atom stereocenters. The summed E-state index contributed by atoms with van der Waals surface area (Å²) < 4.78 is 38.4. The summed E-state index contributed by atoms with van der Waals surface area (Å²) in [5, 5.41) is 3.16. The zero-order valence-electron chi connectivity index (χ0n) is 20.6. The van der Waals surface area contributed by atoms with Crippen LogP contribution in [0.3, 0.4) is 0 Å². The number of nitrogens with zero attached hydrogens (tertiary/aromatic N) is 1. The second-order valence-electron chi connectivity index (χ2n) is 8.82. The lowest BCUT2D eigenvalue weighted by atomic mass is 9.97. The standard InChI is InChI=1S/C28H32N2O5S/c1-21-7-6-10-24(19-21)28(22-8-4-3-5-9-22)29-27(31)14-11-23-20-25(12-13-26(23)34-2)36(32,33)30-15-17-35-18-16-30/h3-10,12-13,19-20,28H,11,14-18H2,1-2H3,(H,29,31)/t28-/m0/s1. The number of benzene rings is 3. The molecule has 0 spiro atoms. The maximum atomic E-state index is 13.1. The van der Waals surface area contributed by atoms with Gasteiger partial charge in [0.15, 0.2) is 0 Å². The molecule has 1 saturated heterocycles. The molecule has 8 heteroatoms. The van der Waals surface area contributed by atoms with Crippen LogP contribution in [0, 0.1) is 6.92 Å². The minimum atomic E-state index is -3.65. The summed E-state index contributed by atoms with van der Waals surface area (Å²) in [6.07, 6.45) is 0.531. The minimum Gasteiger partial charge on any atom is -0.496 e. The van der Waals surface area contributed by atoms with Crippen molar-refractivity contribution in [1.29, 1.82) is 0 Å². The molecule has 1 N–H and O–H groups in total. The molecule has 36 heavy (non-hydrogen) atoms. The van der Waals surface area contributed by atoms with Gasteiger partial charge in [-0.1, -0.05) is 60.2 Å². The lowest BCUT2D eigenvalue weighted by molar-refractivity contribution is -0.121.